The molecule has 7 heteroatoms. The fraction of sp³-hybridized carbons (Fsp3) is 0.579. The van der Waals surface area contributed by atoms with Crippen LogP contribution in [0.5, 0.6) is 11.5 Å². The molecule has 0 aliphatic rings. The van der Waals surface area contributed by atoms with E-state index in [1.165, 1.54) is 0 Å². The Morgan fingerprint density at radius 2 is 1.73 bits per heavy atom. The van der Waals surface area contributed by atoms with Gasteiger partial charge in [-0.15, -0.1) is 0 Å². The first-order valence-electron chi connectivity index (χ1n) is 8.65. The maximum absolute atomic E-state index is 12.0. The van der Waals surface area contributed by atoms with Crippen LogP contribution in [-0.2, 0) is 15.0 Å². The van der Waals surface area contributed by atoms with Gasteiger partial charge in [-0.2, -0.15) is 0 Å². The Balaban J connectivity index is 2.62. The Kier molecular flexibility index (Phi) is 7.89. The lowest BCUT2D eigenvalue weighted by Crippen LogP contribution is -2.48. The first-order valence-corrected chi connectivity index (χ1v) is 8.65. The Labute approximate surface area is 155 Å². The van der Waals surface area contributed by atoms with Crippen LogP contribution in [-0.4, -0.2) is 45.2 Å². The van der Waals surface area contributed by atoms with Crippen molar-refractivity contribution < 1.29 is 19.1 Å². The first kappa shape index (κ1) is 21.8. The van der Waals surface area contributed by atoms with Crippen molar-refractivity contribution in [2.75, 3.05) is 27.3 Å². The monoisotopic (exact) mass is 365 g/mol. The van der Waals surface area contributed by atoms with E-state index in [-0.39, 0.29) is 29.7 Å². The number of ether oxygens (including phenoxy) is 2. The third-order valence-corrected chi connectivity index (χ3v) is 4.34. The molecule has 0 aliphatic carbocycles. The largest absolute Gasteiger partial charge is 0.493 e. The zero-order valence-corrected chi connectivity index (χ0v) is 16.5. The van der Waals surface area contributed by atoms with E-state index < -0.39 is 6.04 Å². The van der Waals surface area contributed by atoms with Crippen LogP contribution in [0, 0.1) is 5.92 Å². The third kappa shape index (κ3) is 5.91. The first-order chi connectivity index (χ1) is 12.1. The van der Waals surface area contributed by atoms with Gasteiger partial charge in [0.05, 0.1) is 26.8 Å². The van der Waals surface area contributed by atoms with Crippen LogP contribution < -0.4 is 25.8 Å². The van der Waals surface area contributed by atoms with Crippen LogP contribution in [0.25, 0.3) is 0 Å². The summed E-state index contributed by atoms with van der Waals surface area (Å²) in [4.78, 5) is 23.8. The molecule has 1 aromatic rings. The summed E-state index contributed by atoms with van der Waals surface area (Å²) in [5, 5.41) is 5.40. The van der Waals surface area contributed by atoms with Crippen molar-refractivity contribution >= 4 is 11.8 Å². The van der Waals surface area contributed by atoms with E-state index in [9.17, 15) is 9.59 Å². The summed E-state index contributed by atoms with van der Waals surface area (Å²) in [6, 6.07) is 5.06. The predicted octanol–water partition coefficient (Wildman–Crippen LogP) is 1.20. The zero-order chi connectivity index (χ0) is 19.9. The van der Waals surface area contributed by atoms with Crippen molar-refractivity contribution in [2.24, 2.45) is 11.7 Å². The number of amides is 2. The van der Waals surface area contributed by atoms with Crippen LogP contribution in [0.4, 0.5) is 0 Å². The van der Waals surface area contributed by atoms with Crippen LogP contribution in [0.2, 0.25) is 0 Å². The maximum atomic E-state index is 12.0. The normalized spacial score (nSPS) is 12.5. The van der Waals surface area contributed by atoms with Crippen LogP contribution in [0.3, 0.4) is 0 Å². The molecule has 0 bridgehead atoms. The summed E-state index contributed by atoms with van der Waals surface area (Å²) < 4.78 is 10.6. The molecule has 2 amide bonds. The zero-order valence-electron chi connectivity index (χ0n) is 16.5. The fourth-order valence-corrected chi connectivity index (χ4v) is 2.33. The van der Waals surface area contributed by atoms with E-state index in [2.05, 4.69) is 10.6 Å². The molecule has 4 N–H and O–H groups in total. The molecule has 1 rings (SSSR count). The van der Waals surface area contributed by atoms with E-state index in [0.29, 0.717) is 18.0 Å². The minimum absolute atomic E-state index is 0.0158. The Morgan fingerprint density at radius 3 is 2.27 bits per heavy atom. The molecule has 146 valence electrons. The molecule has 0 unspecified atom stereocenters. The Hall–Kier alpha value is -2.28. The number of methoxy groups -OCH3 is 2. The molecular weight excluding hydrogens is 334 g/mol. The second-order valence-corrected chi connectivity index (χ2v) is 7.22. The predicted molar refractivity (Wildman–Crippen MR) is 101 cm³/mol. The average Bonchev–Trinajstić information content (AvgIpc) is 2.62. The van der Waals surface area contributed by atoms with Gasteiger partial charge in [0.25, 0.3) is 0 Å². The highest BCUT2D eigenvalue weighted by molar-refractivity contribution is 5.87. The highest BCUT2D eigenvalue weighted by Gasteiger charge is 2.23. The second kappa shape index (κ2) is 9.43. The minimum atomic E-state index is -0.619. The van der Waals surface area contributed by atoms with Crippen LogP contribution in [0.15, 0.2) is 18.2 Å². The standard InChI is InChI=1S/C19H31N3O4/c1-12(2)17(20)18(24)21-10-16(23)22-11-19(3,4)13-7-8-14(25-5)15(9-13)26-6/h7-9,12,17H,10-11,20H2,1-6H3,(H,21,24)(H,22,23)/t17-/m0/s1. The van der Waals surface area contributed by atoms with Crippen molar-refractivity contribution in [3.05, 3.63) is 23.8 Å². The maximum Gasteiger partial charge on any atom is 0.239 e. The van der Waals surface area contributed by atoms with Crippen molar-refractivity contribution in [1.82, 2.24) is 10.6 Å². The van der Waals surface area contributed by atoms with E-state index in [1.807, 2.05) is 45.9 Å². The van der Waals surface area contributed by atoms with E-state index in [0.717, 1.165) is 5.56 Å². The highest BCUT2D eigenvalue weighted by Crippen LogP contribution is 2.32. The number of rotatable bonds is 9. The summed E-state index contributed by atoms with van der Waals surface area (Å²) in [5.41, 5.74) is 6.43. The number of hydrogen-bond acceptors (Lipinski definition) is 5. The molecule has 7 nitrogen and oxygen atoms in total. The third-order valence-electron chi connectivity index (χ3n) is 4.34. The van der Waals surface area contributed by atoms with Gasteiger partial charge in [-0.3, -0.25) is 9.59 Å². The average molecular weight is 365 g/mol. The lowest BCUT2D eigenvalue weighted by molar-refractivity contribution is -0.127. The Bertz CT molecular complexity index is 629. The van der Waals surface area contributed by atoms with Crippen molar-refractivity contribution in [1.29, 1.82) is 0 Å². The van der Waals surface area contributed by atoms with Gasteiger partial charge in [-0.25, -0.2) is 0 Å². The smallest absolute Gasteiger partial charge is 0.239 e. The molecule has 26 heavy (non-hydrogen) atoms. The van der Waals surface area contributed by atoms with Gasteiger partial charge in [-0.05, 0) is 23.6 Å². The van der Waals surface area contributed by atoms with Gasteiger partial charge in [0.1, 0.15) is 0 Å². The molecule has 0 spiro atoms. The summed E-state index contributed by atoms with van der Waals surface area (Å²) >= 11 is 0. The lowest BCUT2D eigenvalue weighted by atomic mass is 9.84. The molecule has 0 aliphatic heterocycles. The van der Waals surface area contributed by atoms with Gasteiger partial charge in [0, 0.05) is 12.0 Å². The second-order valence-electron chi connectivity index (χ2n) is 7.22. The van der Waals surface area contributed by atoms with E-state index in [4.69, 9.17) is 15.2 Å². The number of carbonyl (C=O) groups is 2. The van der Waals surface area contributed by atoms with Gasteiger partial charge in [0.2, 0.25) is 11.8 Å². The number of nitrogens with one attached hydrogen (secondary N) is 2. The van der Waals surface area contributed by atoms with E-state index in [1.54, 1.807) is 14.2 Å². The number of hydrogen-bond donors (Lipinski definition) is 3. The van der Waals surface area contributed by atoms with Crippen molar-refractivity contribution in [3.63, 3.8) is 0 Å². The quantitative estimate of drug-likeness (QED) is 0.610. The van der Waals surface area contributed by atoms with Gasteiger partial charge in [-0.1, -0.05) is 33.8 Å². The fourth-order valence-electron chi connectivity index (χ4n) is 2.33. The van der Waals surface area contributed by atoms with Crippen molar-refractivity contribution in [3.8, 4) is 11.5 Å². The molecule has 1 aromatic carbocycles. The molecule has 1 atom stereocenters. The topological polar surface area (TPSA) is 103 Å². The molecule has 0 saturated heterocycles. The Morgan fingerprint density at radius 1 is 1.12 bits per heavy atom. The summed E-state index contributed by atoms with van der Waals surface area (Å²) in [6.07, 6.45) is 0. The van der Waals surface area contributed by atoms with Crippen LogP contribution >= 0.6 is 0 Å². The van der Waals surface area contributed by atoms with Crippen molar-refractivity contribution in [2.45, 2.75) is 39.2 Å². The summed E-state index contributed by atoms with van der Waals surface area (Å²) in [5.74, 6) is 0.721. The number of benzene rings is 1. The van der Waals surface area contributed by atoms with Crippen LogP contribution in [0.1, 0.15) is 33.3 Å². The van der Waals surface area contributed by atoms with Gasteiger partial charge < -0.3 is 25.8 Å². The molecule has 0 radical (unpaired) electrons. The SMILES string of the molecule is COc1ccc(C(C)(C)CNC(=O)CNC(=O)[C@@H](N)C(C)C)cc1OC. The highest BCUT2D eigenvalue weighted by atomic mass is 16.5. The van der Waals surface area contributed by atoms with Gasteiger partial charge in [0.15, 0.2) is 11.5 Å². The number of carbonyl (C=O) groups excluding carboxylic acids is 2. The lowest BCUT2D eigenvalue weighted by Gasteiger charge is -2.26. The van der Waals surface area contributed by atoms with E-state index >= 15 is 0 Å². The van der Waals surface area contributed by atoms with Gasteiger partial charge >= 0.3 is 0 Å². The molecule has 0 fully saturated rings. The number of nitrogens with two attached hydrogens (primary N) is 1. The summed E-state index contributed by atoms with van der Waals surface area (Å²) in [7, 11) is 3.17. The molecular formula is C19H31N3O4. The minimum Gasteiger partial charge on any atom is -0.493 e. The molecule has 0 aromatic heterocycles. The molecule has 0 heterocycles. The molecule has 0 saturated carbocycles. The summed E-state index contributed by atoms with van der Waals surface area (Å²) in [6.45, 7) is 8.06.